The molecule has 0 atom stereocenters. The molecule has 0 aliphatic carbocycles. The molecule has 0 heterocycles. The predicted molar refractivity (Wildman–Crippen MR) is 210 cm³/mol. The molecule has 0 amide bonds. The van der Waals surface area contributed by atoms with Gasteiger partial charge in [-0.3, -0.25) is 0 Å². The molecule has 9 aromatic rings. The second-order valence-corrected chi connectivity index (χ2v) is 12.7. The normalized spacial score (nSPS) is 11.3. The van der Waals surface area contributed by atoms with Gasteiger partial charge in [0.15, 0.2) is 0 Å². The largest absolute Gasteiger partial charge is 0.311 e. The highest BCUT2D eigenvalue weighted by molar-refractivity contribution is 5.90. The van der Waals surface area contributed by atoms with Gasteiger partial charge in [-0.1, -0.05) is 146 Å². The van der Waals surface area contributed by atoms with Crippen molar-refractivity contribution in [2.45, 2.75) is 0 Å². The Morgan fingerprint density at radius 2 is 0.449 bits per heavy atom. The van der Waals surface area contributed by atoms with E-state index < -0.39 is 0 Å². The van der Waals surface area contributed by atoms with Crippen LogP contribution >= 0.6 is 0 Å². The van der Waals surface area contributed by atoms with E-state index in [1.54, 1.807) is 0 Å². The van der Waals surface area contributed by atoms with Crippen LogP contribution in [0.5, 0.6) is 0 Å². The molecule has 0 saturated heterocycles. The van der Waals surface area contributed by atoms with Crippen molar-refractivity contribution in [3.63, 3.8) is 0 Å². The van der Waals surface area contributed by atoms with Gasteiger partial charge in [0.05, 0.1) is 0 Å². The van der Waals surface area contributed by atoms with Crippen molar-refractivity contribution < 1.29 is 0 Å². The molecular weight excluding hydrogens is 591 g/mol. The first-order chi connectivity index (χ1) is 24.2. The van der Waals surface area contributed by atoms with E-state index >= 15 is 0 Å². The quantitative estimate of drug-likeness (QED) is 0.178. The van der Waals surface area contributed by atoms with E-state index in [0.717, 1.165) is 17.1 Å². The van der Waals surface area contributed by atoms with Crippen molar-refractivity contribution in [2.24, 2.45) is 0 Å². The van der Waals surface area contributed by atoms with Gasteiger partial charge in [0.2, 0.25) is 0 Å². The SMILES string of the molecule is c1ccc2cc(-c3ccc(N(c4ccc(-c5ccc6ccccc6c5)cc4)c4ccc(-c5ccc6ccccc6c5)cc4)cc3)ccc2c1. The topological polar surface area (TPSA) is 3.24 Å². The molecule has 0 spiro atoms. The lowest BCUT2D eigenvalue weighted by Gasteiger charge is -2.26. The molecule has 0 fully saturated rings. The smallest absolute Gasteiger partial charge is 0.0462 e. The zero-order valence-corrected chi connectivity index (χ0v) is 27.0. The summed E-state index contributed by atoms with van der Waals surface area (Å²) in [5, 5.41) is 7.53. The molecular formula is C48H33N. The number of hydrogen-bond donors (Lipinski definition) is 0. The second kappa shape index (κ2) is 12.3. The van der Waals surface area contributed by atoms with Gasteiger partial charge in [0, 0.05) is 17.1 Å². The van der Waals surface area contributed by atoms with Crippen LogP contribution in [-0.2, 0) is 0 Å². The molecule has 0 bridgehead atoms. The van der Waals surface area contributed by atoms with Crippen molar-refractivity contribution in [2.75, 3.05) is 4.90 Å². The monoisotopic (exact) mass is 623 g/mol. The third kappa shape index (κ3) is 5.62. The average Bonchev–Trinajstić information content (AvgIpc) is 3.18. The van der Waals surface area contributed by atoms with Gasteiger partial charge in [-0.15, -0.1) is 0 Å². The number of nitrogens with zero attached hydrogens (tertiary/aromatic N) is 1. The molecule has 230 valence electrons. The van der Waals surface area contributed by atoms with Gasteiger partial charge >= 0.3 is 0 Å². The summed E-state index contributed by atoms with van der Waals surface area (Å²) in [5.74, 6) is 0. The lowest BCUT2D eigenvalue weighted by Crippen LogP contribution is -2.09. The predicted octanol–water partition coefficient (Wildman–Crippen LogP) is 13.6. The number of benzene rings is 9. The van der Waals surface area contributed by atoms with Crippen molar-refractivity contribution in [1.82, 2.24) is 0 Å². The second-order valence-electron chi connectivity index (χ2n) is 12.7. The van der Waals surface area contributed by atoms with E-state index in [0.29, 0.717) is 0 Å². The highest BCUT2D eigenvalue weighted by Crippen LogP contribution is 2.38. The molecule has 9 rings (SSSR count). The van der Waals surface area contributed by atoms with Gasteiger partial charge in [-0.25, -0.2) is 0 Å². The van der Waals surface area contributed by atoms with Gasteiger partial charge < -0.3 is 4.90 Å². The van der Waals surface area contributed by atoms with Crippen molar-refractivity contribution in [1.29, 1.82) is 0 Å². The summed E-state index contributed by atoms with van der Waals surface area (Å²) in [6.45, 7) is 0. The Balaban J connectivity index is 1.09. The fourth-order valence-corrected chi connectivity index (χ4v) is 6.96. The third-order valence-electron chi connectivity index (χ3n) is 9.62. The van der Waals surface area contributed by atoms with Gasteiger partial charge in [-0.2, -0.15) is 0 Å². The van der Waals surface area contributed by atoms with Crippen LogP contribution in [0.1, 0.15) is 0 Å². The average molecular weight is 624 g/mol. The molecule has 0 aliphatic heterocycles. The Kier molecular flexibility index (Phi) is 7.22. The summed E-state index contributed by atoms with van der Waals surface area (Å²) in [6.07, 6.45) is 0. The maximum Gasteiger partial charge on any atom is 0.0462 e. The number of anilines is 3. The Morgan fingerprint density at radius 1 is 0.204 bits per heavy atom. The Hall–Kier alpha value is -6.44. The molecule has 1 heteroatoms. The van der Waals surface area contributed by atoms with Crippen molar-refractivity contribution >= 4 is 49.4 Å². The summed E-state index contributed by atoms with van der Waals surface area (Å²) in [7, 11) is 0. The van der Waals surface area contributed by atoms with Crippen LogP contribution < -0.4 is 4.90 Å². The molecule has 0 N–H and O–H groups in total. The highest BCUT2D eigenvalue weighted by atomic mass is 15.1. The van der Waals surface area contributed by atoms with E-state index in [9.17, 15) is 0 Å². The minimum atomic E-state index is 1.11. The van der Waals surface area contributed by atoms with Gasteiger partial charge in [0.1, 0.15) is 0 Å². The number of hydrogen-bond acceptors (Lipinski definition) is 1. The molecule has 0 aliphatic rings. The van der Waals surface area contributed by atoms with Crippen LogP contribution in [0.4, 0.5) is 17.1 Å². The first-order valence-corrected chi connectivity index (χ1v) is 16.8. The standard InChI is InChI=1S/C48H33N/c1-4-10-40-31-43(16-13-34(40)7-1)37-19-25-46(26-20-37)49(47-27-21-38(22-28-47)44-17-14-35-8-2-5-11-41(35)32-44)48-29-23-39(24-30-48)45-18-15-36-9-3-6-12-42(36)33-45/h1-33H. The van der Waals surface area contributed by atoms with E-state index in [4.69, 9.17) is 0 Å². The molecule has 49 heavy (non-hydrogen) atoms. The third-order valence-corrected chi connectivity index (χ3v) is 9.62. The lowest BCUT2D eigenvalue weighted by atomic mass is 9.99. The summed E-state index contributed by atoms with van der Waals surface area (Å²) in [4.78, 5) is 2.35. The molecule has 0 radical (unpaired) electrons. The summed E-state index contributed by atoms with van der Waals surface area (Å²) < 4.78 is 0. The van der Waals surface area contributed by atoms with Crippen LogP contribution in [0.15, 0.2) is 200 Å². The van der Waals surface area contributed by atoms with Crippen LogP contribution in [0.2, 0.25) is 0 Å². The first-order valence-electron chi connectivity index (χ1n) is 16.8. The Labute approximate surface area is 287 Å². The molecule has 9 aromatic carbocycles. The maximum absolute atomic E-state index is 2.35. The highest BCUT2D eigenvalue weighted by Gasteiger charge is 2.14. The van der Waals surface area contributed by atoms with E-state index in [1.165, 1.54) is 65.7 Å². The molecule has 0 unspecified atom stereocenters. The van der Waals surface area contributed by atoms with Crippen LogP contribution in [0, 0.1) is 0 Å². The molecule has 0 aromatic heterocycles. The van der Waals surface area contributed by atoms with Gasteiger partial charge in [-0.05, 0) is 120 Å². The van der Waals surface area contributed by atoms with Crippen molar-refractivity contribution in [3.05, 3.63) is 200 Å². The van der Waals surface area contributed by atoms with Gasteiger partial charge in [0.25, 0.3) is 0 Å². The lowest BCUT2D eigenvalue weighted by molar-refractivity contribution is 1.28. The Bertz CT molecular complexity index is 2290. The number of fused-ring (bicyclic) bond motifs is 3. The van der Waals surface area contributed by atoms with Crippen LogP contribution in [0.25, 0.3) is 65.7 Å². The van der Waals surface area contributed by atoms with E-state index in [-0.39, 0.29) is 0 Å². The molecule has 1 nitrogen and oxygen atoms in total. The molecule has 0 saturated carbocycles. The summed E-state index contributed by atoms with van der Waals surface area (Å²) in [5.41, 5.74) is 10.6. The van der Waals surface area contributed by atoms with Crippen molar-refractivity contribution in [3.8, 4) is 33.4 Å². The van der Waals surface area contributed by atoms with Crippen LogP contribution in [-0.4, -0.2) is 0 Å². The van der Waals surface area contributed by atoms with E-state index in [2.05, 4.69) is 205 Å². The van der Waals surface area contributed by atoms with E-state index in [1.807, 2.05) is 0 Å². The maximum atomic E-state index is 2.35. The fraction of sp³-hybridized carbons (Fsp3) is 0. The number of rotatable bonds is 6. The van der Waals surface area contributed by atoms with Crippen LogP contribution in [0.3, 0.4) is 0 Å². The zero-order chi connectivity index (χ0) is 32.6. The zero-order valence-electron chi connectivity index (χ0n) is 27.0. The summed E-state index contributed by atoms with van der Waals surface area (Å²) >= 11 is 0. The fourth-order valence-electron chi connectivity index (χ4n) is 6.96. The first kappa shape index (κ1) is 28.8. The minimum absolute atomic E-state index is 1.11. The Morgan fingerprint density at radius 3 is 0.735 bits per heavy atom. The summed E-state index contributed by atoms with van der Waals surface area (Å²) in [6, 6.07) is 72.5. The minimum Gasteiger partial charge on any atom is -0.311 e.